The molecule has 0 atom stereocenters. The van der Waals surface area contributed by atoms with Crippen molar-refractivity contribution in [3.8, 4) is 0 Å². The summed E-state index contributed by atoms with van der Waals surface area (Å²) < 4.78 is 0. The molecule has 2 fully saturated rings. The first kappa shape index (κ1) is 22.3. The molecule has 4 nitrogen and oxygen atoms in total. The summed E-state index contributed by atoms with van der Waals surface area (Å²) in [5, 5.41) is 12.4. The van der Waals surface area contributed by atoms with E-state index in [0.717, 1.165) is 45.1 Å². The highest BCUT2D eigenvalue weighted by Gasteiger charge is 2.31. The maximum atomic E-state index is 12.9. The molecule has 0 aliphatic heterocycles. The van der Waals surface area contributed by atoms with E-state index in [1.165, 1.54) is 48.8 Å². The standard InChI is InChI=1S/C25H40N2O2/c1-26-18-22-17-19(7-6-16-28)10-15-24(22)20-11-13-23(14-12-20)27(2)25(29)21-8-4-3-5-9-21/h10,15,17,20-21,23,26,28H,3-9,11-14,16,18H2,1-2H3. The molecule has 0 unspecified atom stereocenters. The lowest BCUT2D eigenvalue weighted by molar-refractivity contribution is -0.138. The quantitative estimate of drug-likeness (QED) is 0.680. The topological polar surface area (TPSA) is 52.6 Å². The third-order valence-electron chi connectivity index (χ3n) is 7.18. The van der Waals surface area contributed by atoms with Crippen LogP contribution in [0, 0.1) is 5.92 Å². The molecule has 162 valence electrons. The molecule has 0 bridgehead atoms. The van der Waals surface area contributed by atoms with Crippen molar-refractivity contribution in [2.45, 2.75) is 89.1 Å². The predicted molar refractivity (Wildman–Crippen MR) is 119 cm³/mol. The van der Waals surface area contributed by atoms with Gasteiger partial charge in [0.2, 0.25) is 5.91 Å². The zero-order chi connectivity index (χ0) is 20.6. The number of aryl methyl sites for hydroxylation is 1. The largest absolute Gasteiger partial charge is 0.396 e. The van der Waals surface area contributed by atoms with Gasteiger partial charge in [-0.05, 0) is 81.0 Å². The second-order valence-corrected chi connectivity index (χ2v) is 9.18. The number of nitrogens with one attached hydrogen (secondary N) is 1. The van der Waals surface area contributed by atoms with Gasteiger partial charge in [0.1, 0.15) is 0 Å². The maximum Gasteiger partial charge on any atom is 0.225 e. The van der Waals surface area contributed by atoms with Crippen LogP contribution in [0.4, 0.5) is 0 Å². The average molecular weight is 401 g/mol. The van der Waals surface area contributed by atoms with E-state index in [4.69, 9.17) is 5.11 Å². The number of amides is 1. The number of aliphatic hydroxyl groups is 1. The summed E-state index contributed by atoms with van der Waals surface area (Å²) in [7, 11) is 4.05. The molecule has 1 aromatic rings. The van der Waals surface area contributed by atoms with Crippen molar-refractivity contribution in [3.05, 3.63) is 34.9 Å². The van der Waals surface area contributed by atoms with Crippen molar-refractivity contribution in [1.82, 2.24) is 10.2 Å². The molecule has 1 amide bonds. The summed E-state index contributed by atoms with van der Waals surface area (Å²) >= 11 is 0. The van der Waals surface area contributed by atoms with Crippen LogP contribution < -0.4 is 5.32 Å². The minimum atomic E-state index is 0.250. The van der Waals surface area contributed by atoms with Crippen LogP contribution >= 0.6 is 0 Å². The Kier molecular flexibility index (Phi) is 8.55. The molecule has 2 saturated carbocycles. The van der Waals surface area contributed by atoms with Crippen molar-refractivity contribution in [3.63, 3.8) is 0 Å². The van der Waals surface area contributed by atoms with Crippen molar-refractivity contribution < 1.29 is 9.90 Å². The molecular formula is C25H40N2O2. The van der Waals surface area contributed by atoms with Crippen molar-refractivity contribution >= 4 is 5.91 Å². The first-order chi connectivity index (χ1) is 14.1. The van der Waals surface area contributed by atoms with Gasteiger partial charge < -0.3 is 15.3 Å². The molecule has 0 aromatic heterocycles. The fourth-order valence-corrected chi connectivity index (χ4v) is 5.43. The number of hydrogen-bond acceptors (Lipinski definition) is 3. The molecule has 2 N–H and O–H groups in total. The number of hydrogen-bond donors (Lipinski definition) is 2. The van der Waals surface area contributed by atoms with Gasteiger partial charge in [-0.2, -0.15) is 0 Å². The highest BCUT2D eigenvalue weighted by molar-refractivity contribution is 5.79. The van der Waals surface area contributed by atoms with Gasteiger partial charge in [0.25, 0.3) is 0 Å². The summed E-state index contributed by atoms with van der Waals surface area (Å²) in [4.78, 5) is 15.0. The van der Waals surface area contributed by atoms with Gasteiger partial charge in [-0.15, -0.1) is 0 Å². The van der Waals surface area contributed by atoms with E-state index < -0.39 is 0 Å². The Morgan fingerprint density at radius 1 is 1.10 bits per heavy atom. The minimum absolute atomic E-state index is 0.250. The molecule has 2 aliphatic carbocycles. The van der Waals surface area contributed by atoms with Gasteiger partial charge in [0.15, 0.2) is 0 Å². The zero-order valence-electron chi connectivity index (χ0n) is 18.5. The van der Waals surface area contributed by atoms with Crippen LogP contribution in [-0.4, -0.2) is 42.7 Å². The minimum Gasteiger partial charge on any atom is -0.396 e. The van der Waals surface area contributed by atoms with Gasteiger partial charge in [0.05, 0.1) is 0 Å². The number of carbonyl (C=O) groups is 1. The Bertz CT molecular complexity index is 646. The lowest BCUT2D eigenvalue weighted by atomic mass is 9.78. The highest BCUT2D eigenvalue weighted by atomic mass is 16.2. The van der Waals surface area contributed by atoms with E-state index >= 15 is 0 Å². The van der Waals surface area contributed by atoms with Crippen molar-refractivity contribution in [2.75, 3.05) is 20.7 Å². The zero-order valence-corrected chi connectivity index (χ0v) is 18.5. The van der Waals surface area contributed by atoms with Gasteiger partial charge >= 0.3 is 0 Å². The lowest BCUT2D eigenvalue weighted by Crippen LogP contribution is -2.42. The first-order valence-corrected chi connectivity index (χ1v) is 11.8. The normalized spacial score (nSPS) is 23.1. The van der Waals surface area contributed by atoms with E-state index in [1.807, 2.05) is 14.1 Å². The molecule has 3 rings (SSSR count). The van der Waals surface area contributed by atoms with Crippen molar-refractivity contribution in [2.24, 2.45) is 5.92 Å². The molecule has 0 heterocycles. The predicted octanol–water partition coefficient (Wildman–Crippen LogP) is 4.40. The molecule has 4 heteroatoms. The van der Waals surface area contributed by atoms with Gasteiger partial charge in [-0.25, -0.2) is 0 Å². The van der Waals surface area contributed by atoms with Gasteiger partial charge in [0, 0.05) is 32.2 Å². The maximum absolute atomic E-state index is 12.9. The number of rotatable bonds is 8. The van der Waals surface area contributed by atoms with Gasteiger partial charge in [-0.3, -0.25) is 4.79 Å². The van der Waals surface area contributed by atoms with Crippen LogP contribution in [0.5, 0.6) is 0 Å². The average Bonchev–Trinajstić information content (AvgIpc) is 2.78. The molecule has 0 spiro atoms. The molecule has 0 saturated heterocycles. The second kappa shape index (κ2) is 11.1. The summed E-state index contributed by atoms with van der Waals surface area (Å²) in [6.45, 7) is 1.14. The Labute approximate surface area is 177 Å². The second-order valence-electron chi connectivity index (χ2n) is 9.18. The first-order valence-electron chi connectivity index (χ1n) is 11.8. The molecule has 0 radical (unpaired) electrons. The third kappa shape index (κ3) is 5.82. The van der Waals surface area contributed by atoms with Gasteiger partial charge in [-0.1, -0.05) is 37.5 Å². The fourth-order valence-electron chi connectivity index (χ4n) is 5.43. The van der Waals surface area contributed by atoms with E-state index in [9.17, 15) is 4.79 Å². The van der Waals surface area contributed by atoms with Crippen LogP contribution in [0.2, 0.25) is 0 Å². The van der Waals surface area contributed by atoms with Crippen LogP contribution in [0.1, 0.15) is 86.8 Å². The smallest absolute Gasteiger partial charge is 0.225 e. The van der Waals surface area contributed by atoms with Crippen molar-refractivity contribution in [1.29, 1.82) is 0 Å². The van der Waals surface area contributed by atoms with Crippen LogP contribution in [0.25, 0.3) is 0 Å². The molecular weight excluding hydrogens is 360 g/mol. The number of aliphatic hydroxyl groups excluding tert-OH is 1. The number of nitrogens with zero attached hydrogens (tertiary/aromatic N) is 1. The fraction of sp³-hybridized carbons (Fsp3) is 0.720. The van der Waals surface area contributed by atoms with E-state index in [2.05, 4.69) is 28.4 Å². The SMILES string of the molecule is CNCc1cc(CCCO)ccc1C1CCC(N(C)C(=O)C2CCCCC2)CC1. The Morgan fingerprint density at radius 3 is 2.48 bits per heavy atom. The Hall–Kier alpha value is -1.39. The molecule has 2 aliphatic rings. The van der Waals surface area contributed by atoms with Crippen LogP contribution in [0.3, 0.4) is 0 Å². The van der Waals surface area contributed by atoms with E-state index in [1.54, 1.807) is 0 Å². The summed E-state index contributed by atoms with van der Waals surface area (Å²) in [5.74, 6) is 1.28. The van der Waals surface area contributed by atoms with E-state index in [0.29, 0.717) is 17.9 Å². The summed E-state index contributed by atoms with van der Waals surface area (Å²) in [6, 6.07) is 7.31. The van der Waals surface area contributed by atoms with E-state index in [-0.39, 0.29) is 12.5 Å². The Balaban J connectivity index is 1.60. The number of benzene rings is 1. The molecule has 1 aromatic carbocycles. The number of carbonyl (C=O) groups excluding carboxylic acids is 1. The monoisotopic (exact) mass is 400 g/mol. The Morgan fingerprint density at radius 2 is 1.83 bits per heavy atom. The van der Waals surface area contributed by atoms with Crippen LogP contribution in [0.15, 0.2) is 18.2 Å². The lowest BCUT2D eigenvalue weighted by Gasteiger charge is -2.37. The molecule has 29 heavy (non-hydrogen) atoms. The third-order valence-corrected chi connectivity index (χ3v) is 7.18. The highest BCUT2D eigenvalue weighted by Crippen LogP contribution is 2.37. The summed E-state index contributed by atoms with van der Waals surface area (Å²) in [6.07, 6.45) is 12.3. The van der Waals surface area contributed by atoms with Crippen LogP contribution in [-0.2, 0) is 17.8 Å². The summed E-state index contributed by atoms with van der Waals surface area (Å²) in [5.41, 5.74) is 4.20.